The van der Waals surface area contributed by atoms with Crippen LogP contribution in [-0.2, 0) is 32.0 Å². The minimum Gasteiger partial charge on any atom is -0.350 e. The van der Waals surface area contributed by atoms with Crippen molar-refractivity contribution in [3.63, 3.8) is 0 Å². The minimum atomic E-state index is -0.00700. The zero-order valence-electron chi connectivity index (χ0n) is 15.6. The van der Waals surface area contributed by atoms with Crippen molar-refractivity contribution in [2.24, 2.45) is 7.05 Å². The molecule has 0 bridgehead atoms. The highest BCUT2D eigenvalue weighted by Gasteiger charge is 2.23. The summed E-state index contributed by atoms with van der Waals surface area (Å²) in [5.74, 6) is 0.943. The second-order valence-electron chi connectivity index (χ2n) is 8.16. The van der Waals surface area contributed by atoms with E-state index in [0.717, 1.165) is 31.9 Å². The van der Waals surface area contributed by atoms with Gasteiger partial charge in [-0.1, -0.05) is 39.0 Å². The molecule has 3 heterocycles. The maximum absolute atomic E-state index is 4.89. The van der Waals surface area contributed by atoms with E-state index in [1.807, 2.05) is 6.20 Å². The molecule has 0 radical (unpaired) electrons. The Morgan fingerprint density at radius 1 is 1.16 bits per heavy atom. The summed E-state index contributed by atoms with van der Waals surface area (Å²) in [6.07, 6.45) is 5.34. The van der Waals surface area contributed by atoms with Gasteiger partial charge in [0, 0.05) is 55.4 Å². The predicted molar refractivity (Wildman–Crippen MR) is 101 cm³/mol. The molecule has 0 spiro atoms. The van der Waals surface area contributed by atoms with Crippen LogP contribution in [0.15, 0.2) is 36.7 Å². The number of para-hydroxylation sites is 1. The van der Waals surface area contributed by atoms with Crippen LogP contribution in [0.1, 0.15) is 43.4 Å². The van der Waals surface area contributed by atoms with Crippen LogP contribution >= 0.6 is 0 Å². The number of fused-ring (bicyclic) bond motifs is 2. The molecule has 1 aromatic carbocycles. The molecule has 2 aromatic heterocycles. The Hall–Kier alpha value is -2.20. The predicted octanol–water partition coefficient (Wildman–Crippen LogP) is 3.82. The Balaban J connectivity index is 1.60. The quantitative estimate of drug-likeness (QED) is 0.714. The lowest BCUT2D eigenvalue weighted by Crippen LogP contribution is -2.32. The number of aromatic nitrogens is 3. The van der Waals surface area contributed by atoms with Gasteiger partial charge in [0.2, 0.25) is 0 Å². The topological polar surface area (TPSA) is 34.0 Å². The molecule has 4 rings (SSSR count). The molecule has 3 aromatic rings. The van der Waals surface area contributed by atoms with E-state index < -0.39 is 0 Å². The highest BCUT2D eigenvalue weighted by Crippen LogP contribution is 2.26. The first-order valence-corrected chi connectivity index (χ1v) is 9.02. The summed E-state index contributed by atoms with van der Waals surface area (Å²) in [7, 11) is 2.13. The first-order chi connectivity index (χ1) is 11.9. The van der Waals surface area contributed by atoms with Gasteiger partial charge >= 0.3 is 0 Å². The molecule has 1 aliphatic heterocycles. The highest BCUT2D eigenvalue weighted by molar-refractivity contribution is 5.83. The summed E-state index contributed by atoms with van der Waals surface area (Å²) < 4.78 is 2.22. The average molecular weight is 334 g/mol. The molecule has 25 heavy (non-hydrogen) atoms. The molecule has 0 atom stereocenters. The van der Waals surface area contributed by atoms with Crippen molar-refractivity contribution in [1.82, 2.24) is 19.4 Å². The molecule has 130 valence electrons. The molecule has 0 unspecified atom stereocenters. The zero-order valence-corrected chi connectivity index (χ0v) is 15.6. The lowest BCUT2D eigenvalue weighted by Gasteiger charge is -2.29. The summed E-state index contributed by atoms with van der Waals surface area (Å²) >= 11 is 0. The van der Waals surface area contributed by atoms with Crippen molar-refractivity contribution >= 4 is 10.9 Å². The third-order valence-corrected chi connectivity index (χ3v) is 5.07. The Morgan fingerprint density at radius 3 is 2.76 bits per heavy atom. The Kier molecular flexibility index (Phi) is 3.88. The fraction of sp³-hybridized carbons (Fsp3) is 0.429. The van der Waals surface area contributed by atoms with Crippen LogP contribution in [-0.4, -0.2) is 26.0 Å². The molecule has 0 fully saturated rings. The second-order valence-corrected chi connectivity index (χ2v) is 8.16. The number of aryl methyl sites for hydroxylation is 1. The fourth-order valence-corrected chi connectivity index (χ4v) is 3.65. The van der Waals surface area contributed by atoms with Gasteiger partial charge in [0.05, 0.1) is 5.69 Å². The van der Waals surface area contributed by atoms with Crippen molar-refractivity contribution < 1.29 is 0 Å². The van der Waals surface area contributed by atoms with Gasteiger partial charge in [0.25, 0.3) is 0 Å². The molecular weight excluding hydrogens is 308 g/mol. The van der Waals surface area contributed by atoms with Crippen molar-refractivity contribution in [2.45, 2.75) is 45.7 Å². The SMILES string of the molecule is Cn1cc(CN2CCc3cnc(C(C)(C)C)nc3C2)c2ccccc21. The van der Waals surface area contributed by atoms with Gasteiger partial charge in [-0.15, -0.1) is 0 Å². The van der Waals surface area contributed by atoms with E-state index >= 15 is 0 Å². The Bertz CT molecular complexity index is 917. The van der Waals surface area contributed by atoms with E-state index in [-0.39, 0.29) is 5.41 Å². The van der Waals surface area contributed by atoms with Crippen LogP contribution in [0, 0.1) is 0 Å². The Morgan fingerprint density at radius 2 is 1.96 bits per heavy atom. The number of hydrogen-bond acceptors (Lipinski definition) is 3. The summed E-state index contributed by atoms with van der Waals surface area (Å²) in [4.78, 5) is 12.0. The molecule has 0 N–H and O–H groups in total. The zero-order chi connectivity index (χ0) is 17.6. The molecule has 4 heteroatoms. The van der Waals surface area contributed by atoms with Crippen LogP contribution in [0.5, 0.6) is 0 Å². The average Bonchev–Trinajstić information content (AvgIpc) is 2.90. The summed E-state index contributed by atoms with van der Waals surface area (Å²) in [5.41, 5.74) is 5.19. The number of hydrogen-bond donors (Lipinski definition) is 0. The lowest BCUT2D eigenvalue weighted by atomic mass is 9.95. The minimum absolute atomic E-state index is 0.00700. The van der Waals surface area contributed by atoms with Gasteiger partial charge in [-0.3, -0.25) is 4.90 Å². The van der Waals surface area contributed by atoms with E-state index in [0.29, 0.717) is 0 Å². The largest absolute Gasteiger partial charge is 0.350 e. The van der Waals surface area contributed by atoms with Crippen LogP contribution in [0.2, 0.25) is 0 Å². The van der Waals surface area contributed by atoms with Crippen LogP contribution in [0.25, 0.3) is 10.9 Å². The van der Waals surface area contributed by atoms with E-state index in [1.54, 1.807) is 0 Å². The first kappa shape index (κ1) is 16.3. The number of nitrogens with zero attached hydrogens (tertiary/aromatic N) is 4. The van der Waals surface area contributed by atoms with E-state index in [9.17, 15) is 0 Å². The van der Waals surface area contributed by atoms with Crippen molar-refractivity contribution in [3.8, 4) is 0 Å². The number of benzene rings is 1. The van der Waals surface area contributed by atoms with Crippen LogP contribution in [0.4, 0.5) is 0 Å². The second kappa shape index (κ2) is 5.95. The molecule has 0 aliphatic carbocycles. The lowest BCUT2D eigenvalue weighted by molar-refractivity contribution is 0.241. The van der Waals surface area contributed by atoms with Crippen LogP contribution in [0.3, 0.4) is 0 Å². The normalized spacial score (nSPS) is 15.5. The standard InChI is InChI=1S/C21H26N4/c1-21(2,3)20-22-11-15-9-10-25(14-18(15)23-20)13-16-12-24(4)19-8-6-5-7-17(16)19/h5-8,11-12H,9-10,13-14H2,1-4H3. The third-order valence-electron chi connectivity index (χ3n) is 5.07. The van der Waals surface area contributed by atoms with Gasteiger partial charge in [0.1, 0.15) is 5.82 Å². The van der Waals surface area contributed by atoms with E-state index in [4.69, 9.17) is 4.98 Å². The van der Waals surface area contributed by atoms with Gasteiger partial charge in [0.15, 0.2) is 0 Å². The van der Waals surface area contributed by atoms with Crippen molar-refractivity contribution in [1.29, 1.82) is 0 Å². The van der Waals surface area contributed by atoms with Gasteiger partial charge in [-0.25, -0.2) is 9.97 Å². The third kappa shape index (κ3) is 3.07. The van der Waals surface area contributed by atoms with Crippen molar-refractivity contribution in [2.75, 3.05) is 6.54 Å². The fourth-order valence-electron chi connectivity index (χ4n) is 3.65. The maximum atomic E-state index is 4.89. The summed E-state index contributed by atoms with van der Waals surface area (Å²) in [5, 5.41) is 1.36. The first-order valence-electron chi connectivity index (χ1n) is 9.02. The van der Waals surface area contributed by atoms with Gasteiger partial charge in [-0.05, 0) is 23.6 Å². The van der Waals surface area contributed by atoms with Gasteiger partial charge < -0.3 is 4.57 Å². The summed E-state index contributed by atoms with van der Waals surface area (Å²) in [6, 6.07) is 8.64. The number of rotatable bonds is 2. The molecular formula is C21H26N4. The molecule has 4 nitrogen and oxygen atoms in total. The van der Waals surface area contributed by atoms with Gasteiger partial charge in [-0.2, -0.15) is 0 Å². The summed E-state index contributed by atoms with van der Waals surface area (Å²) in [6.45, 7) is 9.45. The van der Waals surface area contributed by atoms with E-state index in [1.165, 1.54) is 27.7 Å². The smallest absolute Gasteiger partial charge is 0.133 e. The maximum Gasteiger partial charge on any atom is 0.133 e. The molecule has 0 saturated carbocycles. The molecule has 1 aliphatic rings. The van der Waals surface area contributed by atoms with Crippen LogP contribution < -0.4 is 0 Å². The molecule has 0 amide bonds. The Labute approximate surface area is 149 Å². The van der Waals surface area contributed by atoms with Crippen molar-refractivity contribution in [3.05, 3.63) is 59.3 Å². The molecule has 0 saturated heterocycles. The monoisotopic (exact) mass is 334 g/mol. The van der Waals surface area contributed by atoms with E-state index in [2.05, 4.69) is 72.7 Å². The highest BCUT2D eigenvalue weighted by atomic mass is 15.1.